The van der Waals surface area contributed by atoms with Gasteiger partial charge >= 0.3 is 5.97 Å². The molecular formula is C25H30ClFN2O5. The molecular weight excluding hydrogens is 463 g/mol. The van der Waals surface area contributed by atoms with Gasteiger partial charge in [0.25, 0.3) is 5.91 Å². The van der Waals surface area contributed by atoms with Crippen LogP contribution in [0.4, 0.5) is 4.39 Å². The van der Waals surface area contributed by atoms with Crippen molar-refractivity contribution in [1.82, 2.24) is 10.6 Å². The molecule has 2 atom stereocenters. The molecule has 9 heteroatoms. The predicted octanol–water partition coefficient (Wildman–Crippen LogP) is 4.00. The topological polar surface area (TPSA) is 93.7 Å². The van der Waals surface area contributed by atoms with Crippen molar-refractivity contribution in [2.24, 2.45) is 0 Å². The van der Waals surface area contributed by atoms with E-state index in [0.29, 0.717) is 16.9 Å². The van der Waals surface area contributed by atoms with E-state index in [1.807, 2.05) is 13.8 Å². The van der Waals surface area contributed by atoms with Crippen LogP contribution in [0.15, 0.2) is 42.5 Å². The molecule has 1 amide bonds. The van der Waals surface area contributed by atoms with E-state index in [2.05, 4.69) is 10.6 Å². The second kappa shape index (κ2) is 11.0. The van der Waals surface area contributed by atoms with Gasteiger partial charge < -0.3 is 20.1 Å². The first-order valence-corrected chi connectivity index (χ1v) is 10.8. The Kier molecular flexibility index (Phi) is 8.80. The van der Waals surface area contributed by atoms with E-state index in [9.17, 15) is 18.8 Å². The Labute approximate surface area is 204 Å². The maximum Gasteiger partial charge on any atom is 0.320 e. The first kappa shape index (κ1) is 27.3. The molecule has 0 unspecified atom stereocenters. The molecule has 184 valence electrons. The summed E-state index contributed by atoms with van der Waals surface area (Å²) in [4.78, 5) is 37.6. The van der Waals surface area contributed by atoms with Crippen molar-refractivity contribution in [2.75, 3.05) is 6.54 Å². The molecule has 0 fully saturated rings. The maximum atomic E-state index is 13.3. The van der Waals surface area contributed by atoms with E-state index in [0.717, 1.165) is 0 Å². The summed E-state index contributed by atoms with van der Waals surface area (Å²) < 4.78 is 25.2. The van der Waals surface area contributed by atoms with Crippen LogP contribution in [0.5, 0.6) is 5.75 Å². The van der Waals surface area contributed by atoms with Gasteiger partial charge in [-0.3, -0.25) is 14.4 Å². The lowest BCUT2D eigenvalue weighted by molar-refractivity contribution is -0.164. The second-order valence-corrected chi connectivity index (χ2v) is 8.92. The predicted molar refractivity (Wildman–Crippen MR) is 128 cm³/mol. The summed E-state index contributed by atoms with van der Waals surface area (Å²) in [6, 6.07) is 9.36. The van der Waals surface area contributed by atoms with Crippen molar-refractivity contribution >= 4 is 30.1 Å². The summed E-state index contributed by atoms with van der Waals surface area (Å²) in [6.07, 6.45) is -0.891. The number of ketones is 1. The van der Waals surface area contributed by atoms with Crippen molar-refractivity contribution < 1.29 is 28.2 Å². The maximum absolute atomic E-state index is 13.3. The van der Waals surface area contributed by atoms with Gasteiger partial charge in [-0.2, -0.15) is 0 Å². The third kappa shape index (κ3) is 6.33. The van der Waals surface area contributed by atoms with Gasteiger partial charge in [0.05, 0.1) is 12.6 Å². The summed E-state index contributed by atoms with van der Waals surface area (Å²) in [5.41, 5.74) is 0.215. The van der Waals surface area contributed by atoms with Crippen molar-refractivity contribution in [3.8, 4) is 5.75 Å². The molecule has 0 spiro atoms. The highest BCUT2D eigenvalue weighted by molar-refractivity contribution is 5.95. The zero-order chi connectivity index (χ0) is 24.3. The molecule has 0 saturated carbocycles. The van der Waals surface area contributed by atoms with Crippen LogP contribution in [-0.2, 0) is 9.53 Å². The van der Waals surface area contributed by atoms with Crippen LogP contribution in [0.1, 0.15) is 66.9 Å². The van der Waals surface area contributed by atoms with E-state index >= 15 is 0 Å². The number of ether oxygens (including phenoxy) is 2. The fraction of sp³-hybridized carbons (Fsp3) is 0.400. The van der Waals surface area contributed by atoms with Crippen LogP contribution in [0, 0.1) is 5.82 Å². The smallest absolute Gasteiger partial charge is 0.320 e. The Hall–Kier alpha value is -2.97. The van der Waals surface area contributed by atoms with E-state index in [1.54, 1.807) is 32.0 Å². The van der Waals surface area contributed by atoms with E-state index in [-0.39, 0.29) is 36.3 Å². The number of nitrogens with one attached hydrogen (secondary N) is 2. The average molecular weight is 493 g/mol. The minimum Gasteiger partial charge on any atom is -0.484 e. The quantitative estimate of drug-likeness (QED) is 0.448. The SMILES string of the molecule is CC(=O)c1ccc2c(c1)[C@H](NC(=O)c1ccc(F)cc1)[C@@H](OC(=O)CNC(C)C)C(C)(C)O2.Cl. The van der Waals surface area contributed by atoms with Gasteiger partial charge in [0.2, 0.25) is 0 Å². The summed E-state index contributed by atoms with van der Waals surface area (Å²) in [5, 5.41) is 5.91. The molecule has 0 aliphatic carbocycles. The number of Topliss-reactive ketones (excluding diaryl/α,β-unsaturated/α-hetero) is 1. The highest BCUT2D eigenvalue weighted by Crippen LogP contribution is 2.42. The summed E-state index contributed by atoms with van der Waals surface area (Å²) >= 11 is 0. The van der Waals surface area contributed by atoms with E-state index < -0.39 is 35.4 Å². The largest absolute Gasteiger partial charge is 0.484 e. The van der Waals surface area contributed by atoms with Crippen LogP contribution in [-0.4, -0.2) is 42.0 Å². The monoisotopic (exact) mass is 492 g/mol. The molecule has 2 aromatic carbocycles. The molecule has 7 nitrogen and oxygen atoms in total. The molecule has 0 aromatic heterocycles. The summed E-state index contributed by atoms with van der Waals surface area (Å²) in [5.74, 6) is -1.11. The van der Waals surface area contributed by atoms with Crippen molar-refractivity contribution in [2.45, 2.75) is 58.4 Å². The molecule has 1 aliphatic rings. The van der Waals surface area contributed by atoms with Crippen molar-refractivity contribution in [3.05, 3.63) is 65.0 Å². The molecule has 2 aromatic rings. The lowest BCUT2D eigenvalue weighted by Crippen LogP contribution is -2.56. The number of hydrogen-bond donors (Lipinski definition) is 2. The molecule has 0 saturated heterocycles. The van der Waals surface area contributed by atoms with Crippen LogP contribution >= 0.6 is 12.4 Å². The normalized spacial score (nSPS) is 18.2. The molecule has 0 bridgehead atoms. The van der Waals surface area contributed by atoms with E-state index in [1.165, 1.54) is 31.2 Å². The Morgan fingerprint density at radius 3 is 2.29 bits per heavy atom. The summed E-state index contributed by atoms with van der Waals surface area (Å²) in [7, 11) is 0. The van der Waals surface area contributed by atoms with Crippen molar-refractivity contribution in [3.63, 3.8) is 0 Å². The number of halogens is 2. The first-order valence-electron chi connectivity index (χ1n) is 10.8. The van der Waals surface area contributed by atoms with Gasteiger partial charge in [-0.1, -0.05) is 13.8 Å². The minimum absolute atomic E-state index is 0. The third-order valence-electron chi connectivity index (χ3n) is 5.42. The minimum atomic E-state index is -0.987. The molecule has 0 radical (unpaired) electrons. The lowest BCUT2D eigenvalue weighted by atomic mass is 9.85. The molecule has 2 N–H and O–H groups in total. The Bertz CT molecular complexity index is 1060. The number of hydrogen-bond acceptors (Lipinski definition) is 6. The average Bonchev–Trinajstić information content (AvgIpc) is 2.74. The highest BCUT2D eigenvalue weighted by atomic mass is 35.5. The number of amides is 1. The molecule has 34 heavy (non-hydrogen) atoms. The first-order chi connectivity index (χ1) is 15.5. The van der Waals surface area contributed by atoms with Gasteiger partial charge in [-0.15, -0.1) is 12.4 Å². The van der Waals surface area contributed by atoms with Crippen molar-refractivity contribution in [1.29, 1.82) is 0 Å². The highest BCUT2D eigenvalue weighted by Gasteiger charge is 2.47. The number of esters is 1. The Morgan fingerprint density at radius 2 is 1.71 bits per heavy atom. The fourth-order valence-electron chi connectivity index (χ4n) is 3.67. The summed E-state index contributed by atoms with van der Waals surface area (Å²) in [6.45, 7) is 8.78. The number of benzene rings is 2. The van der Waals surface area contributed by atoms with Gasteiger partial charge in [0, 0.05) is 22.7 Å². The molecule has 1 aliphatic heterocycles. The van der Waals surface area contributed by atoms with Gasteiger partial charge in [0.15, 0.2) is 11.9 Å². The standard InChI is InChI=1S/C25H29FN2O5.ClH/c1-14(2)27-13-21(30)32-23-22(28-24(31)16-6-9-18(26)10-7-16)19-12-17(15(3)29)8-11-20(19)33-25(23,4)5;/h6-12,14,22-23,27H,13H2,1-5H3,(H,28,31);1H/t22-,23+;/m0./s1. The number of fused-ring (bicyclic) bond motifs is 1. The number of carbonyl (C=O) groups excluding carboxylic acids is 3. The van der Waals surface area contributed by atoms with Gasteiger partial charge in [-0.05, 0) is 63.2 Å². The van der Waals surface area contributed by atoms with Gasteiger partial charge in [0.1, 0.15) is 17.2 Å². The van der Waals surface area contributed by atoms with E-state index in [4.69, 9.17) is 9.47 Å². The van der Waals surface area contributed by atoms with Crippen LogP contribution in [0.25, 0.3) is 0 Å². The molecule has 3 rings (SSSR count). The Balaban J connectivity index is 0.00000408. The number of carbonyl (C=O) groups is 3. The van der Waals surface area contributed by atoms with Gasteiger partial charge in [-0.25, -0.2) is 4.39 Å². The Morgan fingerprint density at radius 1 is 1.09 bits per heavy atom. The zero-order valence-electron chi connectivity index (χ0n) is 19.8. The molecule has 1 heterocycles. The number of rotatable bonds is 7. The van der Waals surface area contributed by atoms with Crippen LogP contribution in [0.3, 0.4) is 0 Å². The fourth-order valence-corrected chi connectivity index (χ4v) is 3.67. The van der Waals surface area contributed by atoms with Crippen LogP contribution < -0.4 is 15.4 Å². The zero-order valence-corrected chi connectivity index (χ0v) is 20.6. The van der Waals surface area contributed by atoms with Crippen LogP contribution in [0.2, 0.25) is 0 Å². The lowest BCUT2D eigenvalue weighted by Gasteiger charge is -2.44. The third-order valence-corrected chi connectivity index (χ3v) is 5.42. The second-order valence-electron chi connectivity index (χ2n) is 8.92.